The Hall–Kier alpha value is -1.39. The minimum Gasteiger partial charge on any atom is -0.380 e. The van der Waals surface area contributed by atoms with E-state index in [0.717, 1.165) is 16.7 Å². The summed E-state index contributed by atoms with van der Waals surface area (Å²) in [5, 5.41) is 4.42. The van der Waals surface area contributed by atoms with Gasteiger partial charge in [0.25, 0.3) is 0 Å². The molecule has 90 valence electrons. The van der Waals surface area contributed by atoms with Crippen molar-refractivity contribution in [2.45, 2.75) is 13.0 Å². The molecule has 0 radical (unpaired) electrons. The van der Waals surface area contributed by atoms with Crippen LogP contribution in [-0.2, 0) is 4.74 Å². The molecule has 0 bridgehead atoms. The number of anilines is 1. The van der Waals surface area contributed by atoms with Gasteiger partial charge in [0.2, 0.25) is 5.28 Å². The average Bonchev–Trinajstić information content (AvgIpc) is 2.35. The van der Waals surface area contributed by atoms with Crippen LogP contribution in [0.5, 0.6) is 0 Å². The van der Waals surface area contributed by atoms with Gasteiger partial charge in [-0.25, -0.2) is 9.97 Å². The first kappa shape index (κ1) is 12.1. The van der Waals surface area contributed by atoms with E-state index in [4.69, 9.17) is 16.3 Å². The van der Waals surface area contributed by atoms with Gasteiger partial charge in [-0.05, 0) is 30.7 Å². The van der Waals surface area contributed by atoms with Gasteiger partial charge in [0.05, 0.1) is 11.6 Å². The van der Waals surface area contributed by atoms with Crippen LogP contribution in [0.2, 0.25) is 5.28 Å². The third-order valence-corrected chi connectivity index (χ3v) is 2.70. The van der Waals surface area contributed by atoms with Gasteiger partial charge >= 0.3 is 0 Å². The fourth-order valence-electron chi connectivity index (χ4n) is 1.51. The van der Waals surface area contributed by atoms with E-state index in [1.54, 1.807) is 7.11 Å². The van der Waals surface area contributed by atoms with Crippen LogP contribution in [-0.4, -0.2) is 29.7 Å². The van der Waals surface area contributed by atoms with E-state index in [0.29, 0.717) is 6.54 Å². The number of methoxy groups -OCH3 is 1. The second-order valence-corrected chi connectivity index (χ2v) is 4.12. The summed E-state index contributed by atoms with van der Waals surface area (Å²) in [4.78, 5) is 8.36. The van der Waals surface area contributed by atoms with E-state index < -0.39 is 0 Å². The third-order valence-electron chi connectivity index (χ3n) is 2.54. The molecule has 1 unspecified atom stereocenters. The van der Waals surface area contributed by atoms with Crippen LogP contribution in [0.25, 0.3) is 10.9 Å². The van der Waals surface area contributed by atoms with E-state index in [-0.39, 0.29) is 11.4 Å². The quantitative estimate of drug-likeness (QED) is 0.849. The molecule has 1 heterocycles. The molecule has 4 nitrogen and oxygen atoms in total. The molecule has 2 rings (SSSR count). The van der Waals surface area contributed by atoms with Crippen LogP contribution in [0.3, 0.4) is 0 Å². The summed E-state index contributed by atoms with van der Waals surface area (Å²) in [5.41, 5.74) is 0.833. The van der Waals surface area contributed by atoms with Crippen molar-refractivity contribution in [3.05, 3.63) is 29.5 Å². The highest BCUT2D eigenvalue weighted by Crippen LogP contribution is 2.21. The van der Waals surface area contributed by atoms with Gasteiger partial charge in [0.1, 0.15) is 5.82 Å². The molecule has 17 heavy (non-hydrogen) atoms. The molecule has 1 aromatic carbocycles. The Kier molecular flexibility index (Phi) is 3.76. The first-order valence-corrected chi connectivity index (χ1v) is 5.77. The molecule has 0 saturated carbocycles. The molecule has 0 fully saturated rings. The first-order valence-electron chi connectivity index (χ1n) is 5.39. The number of fused-ring (bicyclic) bond motifs is 1. The predicted octanol–water partition coefficient (Wildman–Crippen LogP) is 2.73. The number of rotatable bonds is 4. The zero-order valence-corrected chi connectivity index (χ0v) is 10.5. The van der Waals surface area contributed by atoms with E-state index in [2.05, 4.69) is 15.3 Å². The number of hydrogen-bond acceptors (Lipinski definition) is 4. The summed E-state index contributed by atoms with van der Waals surface area (Å²) in [6.07, 6.45) is 0.113. The van der Waals surface area contributed by atoms with Crippen molar-refractivity contribution < 1.29 is 4.74 Å². The number of nitrogens with zero attached hydrogens (tertiary/aromatic N) is 2. The van der Waals surface area contributed by atoms with Gasteiger partial charge in [0.15, 0.2) is 0 Å². The standard InChI is InChI=1S/C12H14ClN3O/c1-8(17-2)7-14-11-9-5-3-4-6-10(9)15-12(13)16-11/h3-6,8H,7H2,1-2H3,(H,14,15,16). The van der Waals surface area contributed by atoms with Crippen molar-refractivity contribution in [1.82, 2.24) is 9.97 Å². The molecule has 5 heteroatoms. The molecule has 0 spiro atoms. The Morgan fingerprint density at radius 3 is 2.88 bits per heavy atom. The van der Waals surface area contributed by atoms with Crippen molar-refractivity contribution in [2.75, 3.05) is 19.0 Å². The third kappa shape index (κ3) is 2.84. The highest BCUT2D eigenvalue weighted by atomic mass is 35.5. The smallest absolute Gasteiger partial charge is 0.224 e. The predicted molar refractivity (Wildman–Crippen MR) is 69.5 cm³/mol. The van der Waals surface area contributed by atoms with Crippen molar-refractivity contribution in [2.24, 2.45) is 0 Å². The van der Waals surface area contributed by atoms with Crippen LogP contribution in [0.15, 0.2) is 24.3 Å². The van der Waals surface area contributed by atoms with E-state index in [9.17, 15) is 0 Å². The lowest BCUT2D eigenvalue weighted by atomic mass is 10.2. The number of hydrogen-bond donors (Lipinski definition) is 1. The topological polar surface area (TPSA) is 47.0 Å². The fourth-order valence-corrected chi connectivity index (χ4v) is 1.68. The zero-order chi connectivity index (χ0) is 12.3. The summed E-state index contributed by atoms with van der Waals surface area (Å²) < 4.78 is 5.18. The largest absolute Gasteiger partial charge is 0.380 e. The Labute approximate surface area is 105 Å². The summed E-state index contributed by atoms with van der Waals surface area (Å²) in [6.45, 7) is 2.66. The fraction of sp³-hybridized carbons (Fsp3) is 0.333. The molecule has 1 N–H and O–H groups in total. The minimum absolute atomic E-state index is 0.113. The number of aromatic nitrogens is 2. The van der Waals surface area contributed by atoms with Gasteiger partial charge in [-0.3, -0.25) is 0 Å². The molecule has 2 aromatic rings. The maximum atomic E-state index is 5.88. The first-order chi connectivity index (χ1) is 8.20. The Balaban J connectivity index is 2.32. The summed E-state index contributed by atoms with van der Waals surface area (Å²) in [7, 11) is 1.68. The van der Waals surface area contributed by atoms with Crippen LogP contribution in [0.1, 0.15) is 6.92 Å². The normalized spacial score (nSPS) is 12.6. The highest BCUT2D eigenvalue weighted by molar-refractivity contribution is 6.28. The molecular weight excluding hydrogens is 238 g/mol. The molecule has 1 atom stereocenters. The second-order valence-electron chi connectivity index (χ2n) is 3.79. The molecular formula is C12H14ClN3O. The Bertz CT molecular complexity index is 518. The SMILES string of the molecule is COC(C)CNc1nc(Cl)nc2ccccc12. The van der Waals surface area contributed by atoms with E-state index >= 15 is 0 Å². The lowest BCUT2D eigenvalue weighted by Crippen LogP contribution is -2.18. The number of para-hydroxylation sites is 1. The van der Waals surface area contributed by atoms with Gasteiger partial charge in [-0.15, -0.1) is 0 Å². The Morgan fingerprint density at radius 2 is 2.12 bits per heavy atom. The maximum Gasteiger partial charge on any atom is 0.224 e. The van der Waals surface area contributed by atoms with Crippen LogP contribution >= 0.6 is 11.6 Å². The average molecular weight is 252 g/mol. The molecule has 0 aliphatic rings. The number of benzene rings is 1. The number of ether oxygens (including phenoxy) is 1. The monoisotopic (exact) mass is 251 g/mol. The van der Waals surface area contributed by atoms with Crippen LogP contribution in [0.4, 0.5) is 5.82 Å². The molecule has 0 saturated heterocycles. The molecule has 0 aliphatic heterocycles. The minimum atomic E-state index is 0.113. The molecule has 0 aliphatic carbocycles. The van der Waals surface area contributed by atoms with E-state index in [1.807, 2.05) is 31.2 Å². The highest BCUT2D eigenvalue weighted by Gasteiger charge is 2.07. The van der Waals surface area contributed by atoms with Gasteiger partial charge in [-0.2, -0.15) is 0 Å². The van der Waals surface area contributed by atoms with Gasteiger partial charge < -0.3 is 10.1 Å². The molecule has 1 aromatic heterocycles. The lowest BCUT2D eigenvalue weighted by molar-refractivity contribution is 0.128. The zero-order valence-electron chi connectivity index (χ0n) is 9.77. The lowest BCUT2D eigenvalue weighted by Gasteiger charge is -2.12. The molecule has 0 amide bonds. The second kappa shape index (κ2) is 5.29. The summed E-state index contributed by atoms with van der Waals surface area (Å²) in [5.74, 6) is 0.740. The van der Waals surface area contributed by atoms with Crippen molar-refractivity contribution in [1.29, 1.82) is 0 Å². The summed E-state index contributed by atoms with van der Waals surface area (Å²) >= 11 is 5.88. The van der Waals surface area contributed by atoms with Gasteiger partial charge in [0, 0.05) is 19.0 Å². The number of halogens is 1. The maximum absolute atomic E-state index is 5.88. The van der Waals surface area contributed by atoms with Crippen molar-refractivity contribution >= 4 is 28.3 Å². The van der Waals surface area contributed by atoms with Gasteiger partial charge in [-0.1, -0.05) is 12.1 Å². The van der Waals surface area contributed by atoms with E-state index in [1.165, 1.54) is 0 Å². The summed E-state index contributed by atoms with van der Waals surface area (Å²) in [6, 6.07) is 7.75. The number of nitrogens with one attached hydrogen (secondary N) is 1. The van der Waals surface area contributed by atoms with Crippen LogP contribution < -0.4 is 5.32 Å². The Morgan fingerprint density at radius 1 is 1.35 bits per heavy atom. The van der Waals surface area contributed by atoms with Crippen LogP contribution in [0, 0.1) is 0 Å². The van der Waals surface area contributed by atoms with Crippen molar-refractivity contribution in [3.63, 3.8) is 0 Å². The van der Waals surface area contributed by atoms with Crippen molar-refractivity contribution in [3.8, 4) is 0 Å².